The molecular formula is C13H19F. The van der Waals surface area contributed by atoms with Crippen molar-refractivity contribution in [1.29, 1.82) is 0 Å². The SMILES string of the molecule is CCCC(F)C(C)(C)c1ccccc1. The molecule has 0 amide bonds. The quantitative estimate of drug-likeness (QED) is 0.677. The van der Waals surface area contributed by atoms with Crippen LogP contribution in [-0.2, 0) is 5.41 Å². The summed E-state index contributed by atoms with van der Waals surface area (Å²) in [5.74, 6) is 0. The molecule has 0 aromatic heterocycles. The molecule has 0 aliphatic carbocycles. The van der Waals surface area contributed by atoms with Crippen molar-refractivity contribution in [1.82, 2.24) is 0 Å². The van der Waals surface area contributed by atoms with Crippen molar-refractivity contribution in [3.63, 3.8) is 0 Å². The van der Waals surface area contributed by atoms with Gasteiger partial charge in [0.15, 0.2) is 0 Å². The molecular weight excluding hydrogens is 175 g/mol. The largest absolute Gasteiger partial charge is 0.247 e. The number of hydrogen-bond donors (Lipinski definition) is 0. The monoisotopic (exact) mass is 194 g/mol. The van der Waals surface area contributed by atoms with Crippen molar-refractivity contribution in [2.24, 2.45) is 0 Å². The zero-order valence-electron chi connectivity index (χ0n) is 9.26. The van der Waals surface area contributed by atoms with E-state index >= 15 is 0 Å². The molecule has 0 bridgehead atoms. The van der Waals surface area contributed by atoms with Crippen LogP contribution < -0.4 is 0 Å². The van der Waals surface area contributed by atoms with Crippen molar-refractivity contribution < 1.29 is 4.39 Å². The lowest BCUT2D eigenvalue weighted by atomic mass is 9.79. The van der Waals surface area contributed by atoms with Gasteiger partial charge in [0.05, 0.1) is 0 Å². The molecule has 78 valence electrons. The highest BCUT2D eigenvalue weighted by Crippen LogP contribution is 2.31. The summed E-state index contributed by atoms with van der Waals surface area (Å²) in [6, 6.07) is 9.91. The second-order valence-corrected chi connectivity index (χ2v) is 4.34. The highest BCUT2D eigenvalue weighted by molar-refractivity contribution is 5.24. The first-order chi connectivity index (χ1) is 6.59. The van der Waals surface area contributed by atoms with Gasteiger partial charge in [-0.15, -0.1) is 0 Å². The van der Waals surface area contributed by atoms with E-state index in [1.54, 1.807) is 0 Å². The van der Waals surface area contributed by atoms with E-state index in [1.807, 2.05) is 51.1 Å². The molecule has 0 spiro atoms. The van der Waals surface area contributed by atoms with Crippen LogP contribution in [0.1, 0.15) is 39.2 Å². The Morgan fingerprint density at radius 3 is 2.29 bits per heavy atom. The lowest BCUT2D eigenvalue weighted by Gasteiger charge is -2.29. The van der Waals surface area contributed by atoms with Crippen LogP contribution in [0.2, 0.25) is 0 Å². The predicted molar refractivity (Wildman–Crippen MR) is 59.3 cm³/mol. The number of alkyl halides is 1. The van der Waals surface area contributed by atoms with Gasteiger partial charge in [-0.05, 0) is 12.0 Å². The van der Waals surface area contributed by atoms with Crippen LogP contribution >= 0.6 is 0 Å². The summed E-state index contributed by atoms with van der Waals surface area (Å²) in [6.45, 7) is 5.97. The summed E-state index contributed by atoms with van der Waals surface area (Å²) in [5, 5.41) is 0. The van der Waals surface area contributed by atoms with E-state index in [-0.39, 0.29) is 5.41 Å². The van der Waals surface area contributed by atoms with Crippen molar-refractivity contribution in [2.45, 2.75) is 45.2 Å². The van der Waals surface area contributed by atoms with E-state index in [1.165, 1.54) is 0 Å². The van der Waals surface area contributed by atoms with E-state index in [0.29, 0.717) is 6.42 Å². The summed E-state index contributed by atoms with van der Waals surface area (Å²) in [7, 11) is 0. The lowest BCUT2D eigenvalue weighted by Crippen LogP contribution is -2.30. The molecule has 14 heavy (non-hydrogen) atoms. The third-order valence-corrected chi connectivity index (χ3v) is 2.84. The highest BCUT2D eigenvalue weighted by atomic mass is 19.1. The van der Waals surface area contributed by atoms with Crippen LogP contribution in [0.5, 0.6) is 0 Å². The molecule has 0 saturated heterocycles. The van der Waals surface area contributed by atoms with Gasteiger partial charge in [-0.25, -0.2) is 4.39 Å². The van der Waals surface area contributed by atoms with Crippen LogP contribution in [0, 0.1) is 0 Å². The Labute approximate surface area is 86.2 Å². The molecule has 1 aromatic rings. The van der Waals surface area contributed by atoms with E-state index in [9.17, 15) is 4.39 Å². The molecule has 0 fully saturated rings. The van der Waals surface area contributed by atoms with E-state index < -0.39 is 6.17 Å². The minimum absolute atomic E-state index is 0.364. The maximum atomic E-state index is 13.9. The molecule has 0 aliphatic rings. The van der Waals surface area contributed by atoms with E-state index in [0.717, 1.165) is 12.0 Å². The Bertz CT molecular complexity index is 264. The van der Waals surface area contributed by atoms with Gasteiger partial charge >= 0.3 is 0 Å². The summed E-state index contributed by atoms with van der Waals surface area (Å²) >= 11 is 0. The van der Waals surface area contributed by atoms with Gasteiger partial charge in [-0.3, -0.25) is 0 Å². The van der Waals surface area contributed by atoms with Crippen LogP contribution in [0.4, 0.5) is 4.39 Å². The van der Waals surface area contributed by atoms with Gasteiger partial charge in [-0.2, -0.15) is 0 Å². The standard InChI is InChI=1S/C13H19F/c1-4-8-12(14)13(2,3)11-9-6-5-7-10-11/h5-7,9-10,12H,4,8H2,1-3H3. The Kier molecular flexibility index (Phi) is 3.68. The Morgan fingerprint density at radius 2 is 1.79 bits per heavy atom. The summed E-state index contributed by atoms with van der Waals surface area (Å²) in [5.41, 5.74) is 0.720. The minimum atomic E-state index is -0.755. The first kappa shape index (κ1) is 11.2. The van der Waals surface area contributed by atoms with Crippen LogP contribution in [-0.4, -0.2) is 6.17 Å². The topological polar surface area (TPSA) is 0 Å². The second-order valence-electron chi connectivity index (χ2n) is 4.34. The molecule has 1 rings (SSSR count). The number of rotatable bonds is 4. The fourth-order valence-electron chi connectivity index (χ4n) is 1.66. The Hall–Kier alpha value is -0.850. The van der Waals surface area contributed by atoms with Gasteiger partial charge in [0.1, 0.15) is 6.17 Å². The van der Waals surface area contributed by atoms with E-state index in [2.05, 4.69) is 0 Å². The van der Waals surface area contributed by atoms with Gasteiger partial charge in [0.25, 0.3) is 0 Å². The Balaban J connectivity index is 2.84. The summed E-state index contributed by atoms with van der Waals surface area (Å²) in [4.78, 5) is 0. The van der Waals surface area contributed by atoms with Crippen LogP contribution in [0.25, 0.3) is 0 Å². The second kappa shape index (κ2) is 4.59. The number of hydrogen-bond acceptors (Lipinski definition) is 0. The fraction of sp³-hybridized carbons (Fsp3) is 0.538. The van der Waals surface area contributed by atoms with Gasteiger partial charge in [0, 0.05) is 5.41 Å². The fourth-order valence-corrected chi connectivity index (χ4v) is 1.66. The first-order valence-corrected chi connectivity index (χ1v) is 5.28. The number of benzene rings is 1. The molecule has 0 nitrogen and oxygen atoms in total. The molecule has 1 aromatic carbocycles. The third-order valence-electron chi connectivity index (χ3n) is 2.84. The zero-order chi connectivity index (χ0) is 10.6. The van der Waals surface area contributed by atoms with Crippen molar-refractivity contribution in [2.75, 3.05) is 0 Å². The minimum Gasteiger partial charge on any atom is -0.247 e. The van der Waals surface area contributed by atoms with Crippen molar-refractivity contribution >= 4 is 0 Å². The first-order valence-electron chi connectivity index (χ1n) is 5.28. The average molecular weight is 194 g/mol. The molecule has 1 heteroatoms. The average Bonchev–Trinajstić information content (AvgIpc) is 2.19. The van der Waals surface area contributed by atoms with Crippen LogP contribution in [0.3, 0.4) is 0 Å². The smallest absolute Gasteiger partial charge is 0.109 e. The molecule has 0 radical (unpaired) electrons. The molecule has 0 saturated carbocycles. The highest BCUT2D eigenvalue weighted by Gasteiger charge is 2.30. The molecule has 1 unspecified atom stereocenters. The van der Waals surface area contributed by atoms with Crippen LogP contribution in [0.15, 0.2) is 30.3 Å². The normalized spacial score (nSPS) is 14.0. The molecule has 1 atom stereocenters. The third kappa shape index (κ3) is 2.34. The maximum Gasteiger partial charge on any atom is 0.109 e. The molecule has 0 aliphatic heterocycles. The molecule has 0 N–H and O–H groups in total. The molecule has 0 heterocycles. The van der Waals surface area contributed by atoms with Crippen molar-refractivity contribution in [3.8, 4) is 0 Å². The summed E-state index contributed by atoms with van der Waals surface area (Å²) < 4.78 is 13.9. The number of halogens is 1. The van der Waals surface area contributed by atoms with Crippen molar-refractivity contribution in [3.05, 3.63) is 35.9 Å². The van der Waals surface area contributed by atoms with Gasteiger partial charge in [-0.1, -0.05) is 57.5 Å². The van der Waals surface area contributed by atoms with Gasteiger partial charge in [0.2, 0.25) is 0 Å². The lowest BCUT2D eigenvalue weighted by molar-refractivity contribution is 0.201. The maximum absolute atomic E-state index is 13.9. The Morgan fingerprint density at radius 1 is 1.21 bits per heavy atom. The summed E-state index contributed by atoms with van der Waals surface area (Å²) in [6.07, 6.45) is 0.786. The van der Waals surface area contributed by atoms with E-state index in [4.69, 9.17) is 0 Å². The van der Waals surface area contributed by atoms with Gasteiger partial charge < -0.3 is 0 Å². The predicted octanol–water partition coefficient (Wildman–Crippen LogP) is 4.10. The zero-order valence-corrected chi connectivity index (χ0v) is 9.26.